The molecule has 0 spiro atoms. The highest BCUT2D eigenvalue weighted by Gasteiger charge is 2.06. The molecule has 1 unspecified atom stereocenters. The van der Waals surface area contributed by atoms with Gasteiger partial charge in [-0.2, -0.15) is 0 Å². The van der Waals surface area contributed by atoms with Gasteiger partial charge in [0.05, 0.1) is 13.2 Å². The molecule has 0 radical (unpaired) electrons. The molecule has 0 amide bonds. The fourth-order valence-electron chi connectivity index (χ4n) is 1.64. The van der Waals surface area contributed by atoms with Crippen molar-refractivity contribution in [3.63, 3.8) is 0 Å². The van der Waals surface area contributed by atoms with E-state index >= 15 is 0 Å². The third kappa shape index (κ3) is 6.40. The summed E-state index contributed by atoms with van der Waals surface area (Å²) >= 11 is 0. The predicted octanol–water partition coefficient (Wildman–Crippen LogP) is 1.54. The fraction of sp³-hybridized carbons (Fsp3) is 0.500. The molecule has 7 heteroatoms. The van der Waals surface area contributed by atoms with Gasteiger partial charge in [0.1, 0.15) is 12.4 Å². The van der Waals surface area contributed by atoms with Crippen LogP contribution in [0.1, 0.15) is 6.92 Å². The Hall–Kier alpha value is -1.89. The van der Waals surface area contributed by atoms with Crippen LogP contribution in [0, 0.1) is 11.6 Å². The number of nitrogens with one attached hydrogen (secondary N) is 2. The summed E-state index contributed by atoms with van der Waals surface area (Å²) in [6.07, 6.45) is 0. The van der Waals surface area contributed by atoms with Crippen LogP contribution in [0.4, 0.5) is 8.78 Å². The summed E-state index contributed by atoms with van der Waals surface area (Å²) in [7, 11) is 3.27. The van der Waals surface area contributed by atoms with Gasteiger partial charge in [0, 0.05) is 26.3 Å². The summed E-state index contributed by atoms with van der Waals surface area (Å²) in [5.41, 5.74) is 0. The first-order chi connectivity index (χ1) is 10.1. The van der Waals surface area contributed by atoms with Gasteiger partial charge in [-0.05, 0) is 19.1 Å². The Morgan fingerprint density at radius 2 is 2.14 bits per heavy atom. The van der Waals surface area contributed by atoms with Crippen LogP contribution in [-0.2, 0) is 4.74 Å². The van der Waals surface area contributed by atoms with Crippen molar-refractivity contribution in [3.8, 4) is 5.75 Å². The zero-order valence-corrected chi connectivity index (χ0v) is 12.5. The Kier molecular flexibility index (Phi) is 7.45. The van der Waals surface area contributed by atoms with Crippen molar-refractivity contribution < 1.29 is 18.3 Å². The van der Waals surface area contributed by atoms with Crippen LogP contribution >= 0.6 is 0 Å². The number of benzene rings is 1. The molecule has 0 fully saturated rings. The minimum Gasteiger partial charge on any atom is -0.489 e. The highest BCUT2D eigenvalue weighted by Crippen LogP contribution is 2.17. The molecule has 1 aromatic rings. The van der Waals surface area contributed by atoms with Crippen molar-refractivity contribution >= 4 is 5.96 Å². The van der Waals surface area contributed by atoms with Crippen LogP contribution in [0.25, 0.3) is 0 Å². The van der Waals surface area contributed by atoms with Crippen LogP contribution < -0.4 is 15.4 Å². The second-order valence-corrected chi connectivity index (χ2v) is 4.42. The maximum absolute atomic E-state index is 13.3. The van der Waals surface area contributed by atoms with E-state index < -0.39 is 11.6 Å². The molecule has 0 aliphatic heterocycles. The molecule has 0 aliphatic carbocycles. The Balaban J connectivity index is 2.32. The standard InChI is InChI=1S/C14H21F2N3O2/c1-10(9-20-3)19-14(17-2)18-6-7-21-13-5-4-11(15)8-12(13)16/h4-5,8,10H,6-7,9H2,1-3H3,(H2,17,18,19). The van der Waals surface area contributed by atoms with Crippen LogP contribution in [-0.4, -0.2) is 45.9 Å². The van der Waals surface area contributed by atoms with Crippen LogP contribution in [0.3, 0.4) is 0 Å². The topological polar surface area (TPSA) is 54.9 Å². The van der Waals surface area contributed by atoms with E-state index in [0.29, 0.717) is 19.1 Å². The largest absolute Gasteiger partial charge is 0.489 e. The first kappa shape index (κ1) is 17.2. The minimum atomic E-state index is -0.716. The summed E-state index contributed by atoms with van der Waals surface area (Å²) in [6, 6.07) is 3.31. The molecule has 21 heavy (non-hydrogen) atoms. The number of hydrogen-bond donors (Lipinski definition) is 2. The van der Waals surface area contributed by atoms with Crippen molar-refractivity contribution in [2.24, 2.45) is 4.99 Å². The lowest BCUT2D eigenvalue weighted by atomic mass is 10.3. The number of nitrogens with zero attached hydrogens (tertiary/aromatic N) is 1. The van der Waals surface area contributed by atoms with E-state index in [-0.39, 0.29) is 18.4 Å². The van der Waals surface area contributed by atoms with E-state index in [1.807, 2.05) is 6.92 Å². The number of ether oxygens (including phenoxy) is 2. The SMILES string of the molecule is CN=C(NCCOc1ccc(F)cc1F)NC(C)COC. The molecular weight excluding hydrogens is 280 g/mol. The molecular formula is C14H21F2N3O2. The first-order valence-corrected chi connectivity index (χ1v) is 6.60. The van der Waals surface area contributed by atoms with Gasteiger partial charge >= 0.3 is 0 Å². The number of halogens is 2. The molecule has 1 rings (SSSR count). The van der Waals surface area contributed by atoms with Crippen LogP contribution in [0.2, 0.25) is 0 Å². The Labute approximate surface area is 123 Å². The molecule has 0 saturated heterocycles. The molecule has 118 valence electrons. The average Bonchev–Trinajstić information content (AvgIpc) is 2.44. The van der Waals surface area contributed by atoms with Crippen molar-refractivity contribution in [1.82, 2.24) is 10.6 Å². The number of rotatable bonds is 7. The quantitative estimate of drug-likeness (QED) is 0.456. The Bertz CT molecular complexity index is 470. The lowest BCUT2D eigenvalue weighted by Gasteiger charge is -2.17. The summed E-state index contributed by atoms with van der Waals surface area (Å²) in [5, 5.41) is 6.14. The maximum atomic E-state index is 13.3. The van der Waals surface area contributed by atoms with Gasteiger partial charge < -0.3 is 20.1 Å². The highest BCUT2D eigenvalue weighted by atomic mass is 19.1. The fourth-order valence-corrected chi connectivity index (χ4v) is 1.64. The van der Waals surface area contributed by atoms with Crippen molar-refractivity contribution in [3.05, 3.63) is 29.8 Å². The number of aliphatic imine (C=N–C) groups is 1. The lowest BCUT2D eigenvalue weighted by molar-refractivity contribution is 0.179. The van der Waals surface area contributed by atoms with Crippen molar-refractivity contribution in [1.29, 1.82) is 0 Å². The Morgan fingerprint density at radius 1 is 1.38 bits per heavy atom. The number of methoxy groups -OCH3 is 1. The van der Waals surface area contributed by atoms with Gasteiger partial charge in [0.2, 0.25) is 0 Å². The van der Waals surface area contributed by atoms with Gasteiger partial charge in [-0.15, -0.1) is 0 Å². The summed E-state index contributed by atoms with van der Waals surface area (Å²) < 4.78 is 36.3. The molecule has 1 atom stereocenters. The lowest BCUT2D eigenvalue weighted by Crippen LogP contribution is -2.45. The monoisotopic (exact) mass is 301 g/mol. The smallest absolute Gasteiger partial charge is 0.191 e. The summed E-state index contributed by atoms with van der Waals surface area (Å²) in [5.74, 6) is -0.724. The molecule has 5 nitrogen and oxygen atoms in total. The predicted molar refractivity (Wildman–Crippen MR) is 77.7 cm³/mol. The molecule has 0 heterocycles. The van der Waals surface area contributed by atoms with E-state index in [9.17, 15) is 8.78 Å². The van der Waals surface area contributed by atoms with E-state index in [1.165, 1.54) is 6.07 Å². The van der Waals surface area contributed by atoms with Gasteiger partial charge in [0.25, 0.3) is 0 Å². The number of guanidine groups is 1. The molecule has 1 aromatic carbocycles. The van der Waals surface area contributed by atoms with E-state index in [1.54, 1.807) is 14.2 Å². The summed E-state index contributed by atoms with van der Waals surface area (Å²) in [6.45, 7) is 3.16. The van der Waals surface area contributed by atoms with Crippen molar-refractivity contribution in [2.75, 3.05) is 33.9 Å². The first-order valence-electron chi connectivity index (χ1n) is 6.60. The van der Waals surface area contributed by atoms with Gasteiger partial charge in [-0.3, -0.25) is 4.99 Å². The van der Waals surface area contributed by atoms with Crippen molar-refractivity contribution in [2.45, 2.75) is 13.0 Å². The second-order valence-electron chi connectivity index (χ2n) is 4.42. The number of hydrogen-bond acceptors (Lipinski definition) is 3. The van der Waals surface area contributed by atoms with Gasteiger partial charge in [-0.25, -0.2) is 8.78 Å². The third-order valence-corrected chi connectivity index (χ3v) is 2.57. The van der Waals surface area contributed by atoms with Crippen LogP contribution in [0.5, 0.6) is 5.75 Å². The highest BCUT2D eigenvalue weighted by molar-refractivity contribution is 5.79. The van der Waals surface area contributed by atoms with Gasteiger partial charge in [-0.1, -0.05) is 0 Å². The molecule has 0 bridgehead atoms. The second kappa shape index (κ2) is 9.12. The molecule has 0 aliphatic rings. The molecule has 0 saturated carbocycles. The van der Waals surface area contributed by atoms with Crippen LogP contribution in [0.15, 0.2) is 23.2 Å². The maximum Gasteiger partial charge on any atom is 0.191 e. The average molecular weight is 301 g/mol. The minimum absolute atomic E-state index is 0.0221. The third-order valence-electron chi connectivity index (χ3n) is 2.57. The zero-order chi connectivity index (χ0) is 15.7. The van der Waals surface area contributed by atoms with E-state index in [4.69, 9.17) is 9.47 Å². The summed E-state index contributed by atoms with van der Waals surface area (Å²) in [4.78, 5) is 4.04. The molecule has 2 N–H and O–H groups in total. The van der Waals surface area contributed by atoms with E-state index in [0.717, 1.165) is 12.1 Å². The van der Waals surface area contributed by atoms with Gasteiger partial charge in [0.15, 0.2) is 17.5 Å². The zero-order valence-electron chi connectivity index (χ0n) is 12.5. The molecule has 0 aromatic heterocycles. The Morgan fingerprint density at radius 3 is 2.76 bits per heavy atom. The van der Waals surface area contributed by atoms with E-state index in [2.05, 4.69) is 15.6 Å². The normalized spacial score (nSPS) is 12.9.